The standard InChI is InChI=1S/C16H19N5S2.2ClH/c1-3-11-13(22-9(2)21-11)7-18-15-14-10-4-5-17-6-12(10)23-16(14)20-8-19-15;;/h8,17H,3-7H2,1-2H3,(H,18,19,20);2*1H. The van der Waals surface area contributed by atoms with Crippen molar-refractivity contribution < 1.29 is 0 Å². The van der Waals surface area contributed by atoms with Crippen molar-refractivity contribution in [1.82, 2.24) is 20.3 Å². The second-order valence-corrected chi connectivity index (χ2v) is 8.01. The molecular formula is C16H21Cl2N5S2. The first-order valence-corrected chi connectivity index (χ1v) is 9.54. The highest BCUT2D eigenvalue weighted by Gasteiger charge is 2.19. The predicted octanol–water partition coefficient (Wildman–Crippen LogP) is 4.12. The minimum atomic E-state index is 0. The molecule has 0 spiro atoms. The molecule has 3 aromatic rings. The Kier molecular flexibility index (Phi) is 6.99. The molecule has 0 saturated carbocycles. The number of aryl methyl sites for hydroxylation is 2. The maximum absolute atomic E-state index is 4.60. The molecule has 1 aliphatic rings. The van der Waals surface area contributed by atoms with Crippen LogP contribution in [0.3, 0.4) is 0 Å². The number of nitrogens with zero attached hydrogens (tertiary/aromatic N) is 3. The molecule has 0 bridgehead atoms. The van der Waals surface area contributed by atoms with E-state index in [0.717, 1.165) is 48.1 Å². The summed E-state index contributed by atoms with van der Waals surface area (Å²) in [5.74, 6) is 0.961. The number of hydrogen-bond donors (Lipinski definition) is 2. The van der Waals surface area contributed by atoms with Gasteiger partial charge in [0.2, 0.25) is 0 Å². The number of thiophene rings is 1. The fraction of sp³-hybridized carbons (Fsp3) is 0.438. The number of nitrogens with one attached hydrogen (secondary N) is 2. The van der Waals surface area contributed by atoms with Crippen LogP contribution in [-0.2, 0) is 25.9 Å². The Bertz CT molecular complexity index is 862. The lowest BCUT2D eigenvalue weighted by atomic mass is 10.1. The third-order valence-corrected chi connectivity index (χ3v) is 6.30. The van der Waals surface area contributed by atoms with Crippen LogP contribution in [0.1, 0.15) is 32.9 Å². The lowest BCUT2D eigenvalue weighted by molar-refractivity contribution is 0.657. The van der Waals surface area contributed by atoms with Gasteiger partial charge in [0.05, 0.1) is 22.6 Å². The van der Waals surface area contributed by atoms with Crippen LogP contribution in [0.2, 0.25) is 0 Å². The molecule has 0 atom stereocenters. The summed E-state index contributed by atoms with van der Waals surface area (Å²) in [5, 5.41) is 9.31. The minimum absolute atomic E-state index is 0. The van der Waals surface area contributed by atoms with E-state index in [0.29, 0.717) is 0 Å². The van der Waals surface area contributed by atoms with E-state index < -0.39 is 0 Å². The van der Waals surface area contributed by atoms with Gasteiger partial charge in [0, 0.05) is 16.3 Å². The lowest BCUT2D eigenvalue weighted by Crippen LogP contribution is -2.22. The third kappa shape index (κ3) is 3.90. The Labute approximate surface area is 167 Å². The molecule has 0 unspecified atom stereocenters. The summed E-state index contributed by atoms with van der Waals surface area (Å²) in [6.45, 7) is 6.98. The quantitative estimate of drug-likeness (QED) is 0.668. The first-order valence-electron chi connectivity index (χ1n) is 7.91. The van der Waals surface area contributed by atoms with Crippen molar-refractivity contribution in [2.45, 2.75) is 39.8 Å². The molecule has 25 heavy (non-hydrogen) atoms. The maximum Gasteiger partial charge on any atom is 0.138 e. The Morgan fingerprint density at radius 2 is 2.08 bits per heavy atom. The van der Waals surface area contributed by atoms with Crippen molar-refractivity contribution in [2.75, 3.05) is 11.9 Å². The van der Waals surface area contributed by atoms with Crippen molar-refractivity contribution in [2.24, 2.45) is 0 Å². The van der Waals surface area contributed by atoms with Gasteiger partial charge in [0.1, 0.15) is 17.0 Å². The van der Waals surface area contributed by atoms with Gasteiger partial charge < -0.3 is 10.6 Å². The molecule has 9 heteroatoms. The summed E-state index contributed by atoms with van der Waals surface area (Å²) in [7, 11) is 0. The number of fused-ring (bicyclic) bond motifs is 3. The largest absolute Gasteiger partial charge is 0.364 e. The van der Waals surface area contributed by atoms with Crippen LogP contribution in [0.25, 0.3) is 10.2 Å². The normalized spacial score (nSPS) is 13.0. The molecule has 4 rings (SSSR count). The summed E-state index contributed by atoms with van der Waals surface area (Å²) in [5.41, 5.74) is 2.62. The fourth-order valence-electron chi connectivity index (χ4n) is 3.08. The van der Waals surface area contributed by atoms with Gasteiger partial charge in [0.25, 0.3) is 0 Å². The molecular weight excluding hydrogens is 397 g/mol. The molecule has 0 fully saturated rings. The first-order chi connectivity index (χ1) is 11.3. The number of thiazole rings is 1. The van der Waals surface area contributed by atoms with E-state index in [9.17, 15) is 0 Å². The zero-order chi connectivity index (χ0) is 15.8. The average Bonchev–Trinajstić information content (AvgIpc) is 3.12. The average molecular weight is 418 g/mol. The van der Waals surface area contributed by atoms with Crippen LogP contribution in [0.4, 0.5) is 5.82 Å². The third-order valence-electron chi connectivity index (χ3n) is 4.14. The Hall–Kier alpha value is -0.990. The van der Waals surface area contributed by atoms with Gasteiger partial charge in [-0.3, -0.25) is 0 Å². The topological polar surface area (TPSA) is 62.7 Å². The van der Waals surface area contributed by atoms with Crippen LogP contribution in [0, 0.1) is 6.92 Å². The second kappa shape index (κ2) is 8.60. The molecule has 0 aromatic carbocycles. The molecule has 136 valence electrons. The van der Waals surface area contributed by atoms with E-state index in [-0.39, 0.29) is 24.8 Å². The van der Waals surface area contributed by atoms with Gasteiger partial charge in [-0.2, -0.15) is 0 Å². The second-order valence-electron chi connectivity index (χ2n) is 5.64. The van der Waals surface area contributed by atoms with E-state index >= 15 is 0 Å². The number of anilines is 1. The molecule has 0 aliphatic carbocycles. The van der Waals surface area contributed by atoms with Gasteiger partial charge in [-0.1, -0.05) is 6.92 Å². The molecule has 0 radical (unpaired) electrons. The molecule has 1 aliphatic heterocycles. The van der Waals surface area contributed by atoms with Gasteiger partial charge in [-0.05, 0) is 31.9 Å². The summed E-state index contributed by atoms with van der Waals surface area (Å²) in [6.07, 6.45) is 3.69. The van der Waals surface area contributed by atoms with E-state index in [2.05, 4.69) is 39.4 Å². The Morgan fingerprint density at radius 3 is 2.88 bits per heavy atom. The highest BCUT2D eigenvalue weighted by Crippen LogP contribution is 2.35. The van der Waals surface area contributed by atoms with Gasteiger partial charge >= 0.3 is 0 Å². The molecule has 4 heterocycles. The minimum Gasteiger partial charge on any atom is -0.364 e. The predicted molar refractivity (Wildman–Crippen MR) is 111 cm³/mol. The molecule has 0 amide bonds. The SMILES string of the molecule is CCc1nc(C)sc1CNc1ncnc2sc3c(c12)CCNC3.Cl.Cl. The zero-order valence-corrected chi connectivity index (χ0v) is 17.4. The Balaban J connectivity index is 0.00000113. The van der Waals surface area contributed by atoms with Crippen molar-refractivity contribution in [1.29, 1.82) is 0 Å². The highest BCUT2D eigenvalue weighted by molar-refractivity contribution is 7.19. The van der Waals surface area contributed by atoms with Crippen molar-refractivity contribution in [3.05, 3.63) is 32.3 Å². The Morgan fingerprint density at radius 1 is 1.24 bits per heavy atom. The number of halogens is 2. The van der Waals surface area contributed by atoms with Crippen LogP contribution in [0.5, 0.6) is 0 Å². The molecule has 5 nitrogen and oxygen atoms in total. The molecule has 2 N–H and O–H groups in total. The smallest absolute Gasteiger partial charge is 0.138 e. The monoisotopic (exact) mass is 417 g/mol. The van der Waals surface area contributed by atoms with E-state index in [1.165, 1.54) is 26.4 Å². The van der Waals surface area contributed by atoms with Crippen molar-refractivity contribution in [3.63, 3.8) is 0 Å². The summed E-state index contributed by atoms with van der Waals surface area (Å²) >= 11 is 3.55. The van der Waals surface area contributed by atoms with E-state index in [1.807, 2.05) is 0 Å². The van der Waals surface area contributed by atoms with Crippen molar-refractivity contribution in [3.8, 4) is 0 Å². The number of hydrogen-bond acceptors (Lipinski definition) is 7. The lowest BCUT2D eigenvalue weighted by Gasteiger charge is -2.13. The molecule has 0 saturated heterocycles. The van der Waals surface area contributed by atoms with Crippen LogP contribution < -0.4 is 10.6 Å². The summed E-state index contributed by atoms with van der Waals surface area (Å²) < 4.78 is 0. The fourth-order valence-corrected chi connectivity index (χ4v) is 5.21. The maximum atomic E-state index is 4.60. The zero-order valence-electron chi connectivity index (χ0n) is 14.1. The van der Waals surface area contributed by atoms with Crippen LogP contribution in [0.15, 0.2) is 6.33 Å². The van der Waals surface area contributed by atoms with Crippen LogP contribution in [-0.4, -0.2) is 21.5 Å². The number of aromatic nitrogens is 3. The van der Waals surface area contributed by atoms with Gasteiger partial charge in [0.15, 0.2) is 0 Å². The van der Waals surface area contributed by atoms with Crippen molar-refractivity contribution >= 4 is 63.5 Å². The van der Waals surface area contributed by atoms with Crippen LogP contribution >= 0.6 is 47.5 Å². The van der Waals surface area contributed by atoms with Gasteiger partial charge in [-0.15, -0.1) is 47.5 Å². The summed E-state index contributed by atoms with van der Waals surface area (Å²) in [6, 6.07) is 0. The van der Waals surface area contributed by atoms with E-state index in [4.69, 9.17) is 0 Å². The first kappa shape index (κ1) is 20.3. The summed E-state index contributed by atoms with van der Waals surface area (Å²) in [4.78, 5) is 17.4. The molecule has 3 aromatic heterocycles. The highest BCUT2D eigenvalue weighted by atomic mass is 35.5. The van der Waals surface area contributed by atoms with Gasteiger partial charge in [-0.25, -0.2) is 15.0 Å². The van der Waals surface area contributed by atoms with E-state index in [1.54, 1.807) is 29.0 Å². The number of rotatable bonds is 4.